The van der Waals surface area contributed by atoms with Gasteiger partial charge in [-0.15, -0.1) is 0 Å². The van der Waals surface area contributed by atoms with E-state index in [0.717, 1.165) is 11.1 Å². The number of carbonyl (C=O) groups is 2. The van der Waals surface area contributed by atoms with Crippen molar-refractivity contribution in [1.29, 1.82) is 0 Å². The summed E-state index contributed by atoms with van der Waals surface area (Å²) in [5, 5.41) is 3.10. The largest absolute Gasteiger partial charge is 0.496 e. The second kappa shape index (κ2) is 6.37. The number of halogens is 1. The molecule has 25 heavy (non-hydrogen) atoms. The fraction of sp³-hybridized carbons (Fsp3) is 0.278. The molecule has 1 aliphatic heterocycles. The zero-order chi connectivity index (χ0) is 18.2. The molecule has 2 aromatic rings. The van der Waals surface area contributed by atoms with Gasteiger partial charge in [-0.25, -0.2) is 9.78 Å². The zero-order valence-corrected chi connectivity index (χ0v) is 14.9. The average Bonchev–Trinajstić information content (AvgIpc) is 2.79. The van der Waals surface area contributed by atoms with Crippen LogP contribution in [0, 0.1) is 6.92 Å². The number of urea groups is 1. The molecule has 6 nitrogen and oxygen atoms in total. The Morgan fingerprint density at radius 1 is 1.28 bits per heavy atom. The van der Waals surface area contributed by atoms with Gasteiger partial charge in [0.1, 0.15) is 16.4 Å². The third kappa shape index (κ3) is 3.05. The van der Waals surface area contributed by atoms with Gasteiger partial charge in [0.25, 0.3) is 5.91 Å². The Hall–Kier alpha value is -2.60. The molecule has 3 rings (SSSR count). The molecule has 0 radical (unpaired) electrons. The van der Waals surface area contributed by atoms with Crippen LogP contribution in [0.5, 0.6) is 5.75 Å². The predicted molar refractivity (Wildman–Crippen MR) is 93.4 cm³/mol. The van der Waals surface area contributed by atoms with E-state index < -0.39 is 11.6 Å². The molecule has 1 aliphatic rings. The summed E-state index contributed by atoms with van der Waals surface area (Å²) in [5.41, 5.74) is 1.14. The zero-order valence-electron chi connectivity index (χ0n) is 14.2. The van der Waals surface area contributed by atoms with E-state index in [1.165, 1.54) is 12.0 Å². The molecule has 0 saturated carbocycles. The summed E-state index contributed by atoms with van der Waals surface area (Å²) in [5.74, 6) is 0.213. The van der Waals surface area contributed by atoms with Gasteiger partial charge in [0.15, 0.2) is 0 Å². The minimum atomic E-state index is -1.19. The number of pyridine rings is 1. The Morgan fingerprint density at radius 2 is 2.04 bits per heavy atom. The molecular weight excluding hydrogens is 342 g/mol. The monoisotopic (exact) mass is 359 g/mol. The van der Waals surface area contributed by atoms with Crippen molar-refractivity contribution < 1.29 is 14.3 Å². The minimum Gasteiger partial charge on any atom is -0.496 e. The number of aromatic nitrogens is 1. The summed E-state index contributed by atoms with van der Waals surface area (Å²) in [6.45, 7) is 3.73. The third-order valence-electron chi connectivity index (χ3n) is 4.30. The van der Waals surface area contributed by atoms with Crippen molar-refractivity contribution in [2.45, 2.75) is 25.9 Å². The molecule has 1 atom stereocenters. The number of methoxy groups -OCH3 is 1. The van der Waals surface area contributed by atoms with Crippen molar-refractivity contribution in [2.75, 3.05) is 7.11 Å². The molecule has 130 valence electrons. The Labute approximate surface area is 150 Å². The van der Waals surface area contributed by atoms with Gasteiger partial charge in [-0.05, 0) is 43.7 Å². The second-order valence-electron chi connectivity index (χ2n) is 6.14. The fourth-order valence-corrected chi connectivity index (χ4v) is 3.16. The number of carbonyl (C=O) groups excluding carboxylic acids is 2. The van der Waals surface area contributed by atoms with Crippen LogP contribution in [0.25, 0.3) is 0 Å². The van der Waals surface area contributed by atoms with E-state index in [4.69, 9.17) is 16.3 Å². The molecule has 1 N–H and O–H groups in total. The van der Waals surface area contributed by atoms with Crippen LogP contribution in [0.2, 0.25) is 5.15 Å². The van der Waals surface area contributed by atoms with E-state index in [0.29, 0.717) is 16.5 Å². The van der Waals surface area contributed by atoms with Gasteiger partial charge >= 0.3 is 6.03 Å². The number of benzene rings is 1. The number of hydrogen-bond donors (Lipinski definition) is 1. The maximum atomic E-state index is 13.0. The summed E-state index contributed by atoms with van der Waals surface area (Å²) in [4.78, 5) is 30.6. The summed E-state index contributed by atoms with van der Waals surface area (Å²) in [6, 6.07) is 8.43. The van der Waals surface area contributed by atoms with Crippen LogP contribution in [0.3, 0.4) is 0 Å². The van der Waals surface area contributed by atoms with Gasteiger partial charge in [0, 0.05) is 11.8 Å². The molecule has 0 unspecified atom stereocenters. The van der Waals surface area contributed by atoms with Crippen molar-refractivity contribution in [2.24, 2.45) is 0 Å². The lowest BCUT2D eigenvalue weighted by atomic mass is 9.90. The van der Waals surface area contributed by atoms with E-state index in [2.05, 4.69) is 10.3 Å². The van der Waals surface area contributed by atoms with Crippen LogP contribution in [0.15, 0.2) is 36.5 Å². The van der Waals surface area contributed by atoms with Crippen LogP contribution in [0.1, 0.15) is 23.6 Å². The quantitative estimate of drug-likeness (QED) is 0.672. The lowest BCUT2D eigenvalue weighted by Gasteiger charge is -2.24. The number of amides is 3. The second-order valence-corrected chi connectivity index (χ2v) is 6.52. The minimum absolute atomic E-state index is 0.122. The Balaban J connectivity index is 1.96. The van der Waals surface area contributed by atoms with E-state index in [9.17, 15) is 9.59 Å². The molecule has 1 aromatic carbocycles. The van der Waals surface area contributed by atoms with Gasteiger partial charge in [-0.1, -0.05) is 23.2 Å². The number of ether oxygens (including phenoxy) is 1. The lowest BCUT2D eigenvalue weighted by Crippen LogP contribution is -2.41. The van der Waals surface area contributed by atoms with E-state index in [1.807, 2.05) is 19.1 Å². The van der Waals surface area contributed by atoms with Gasteiger partial charge < -0.3 is 10.1 Å². The average molecular weight is 360 g/mol. The molecule has 1 saturated heterocycles. The maximum Gasteiger partial charge on any atom is 0.325 e. The van der Waals surface area contributed by atoms with Crippen molar-refractivity contribution in [3.8, 4) is 5.75 Å². The maximum absolute atomic E-state index is 13.0. The normalized spacial score (nSPS) is 19.9. The first-order chi connectivity index (χ1) is 11.8. The van der Waals surface area contributed by atoms with Crippen molar-refractivity contribution in [3.05, 3.63) is 58.4 Å². The highest BCUT2D eigenvalue weighted by Gasteiger charge is 2.50. The van der Waals surface area contributed by atoms with Crippen molar-refractivity contribution in [1.82, 2.24) is 15.2 Å². The number of hydrogen-bond acceptors (Lipinski definition) is 4. The van der Waals surface area contributed by atoms with Gasteiger partial charge in [-0.3, -0.25) is 9.69 Å². The first-order valence-electron chi connectivity index (χ1n) is 7.75. The number of nitrogens with zero attached hydrogens (tertiary/aromatic N) is 2. The van der Waals surface area contributed by atoms with Crippen LogP contribution in [-0.4, -0.2) is 28.9 Å². The molecule has 0 aliphatic carbocycles. The van der Waals surface area contributed by atoms with Crippen LogP contribution < -0.4 is 10.1 Å². The Kier molecular flexibility index (Phi) is 4.39. The standard InChI is InChI=1S/C18H18ClN3O3/c1-11-4-5-14(25-3)13(8-11)18(2)16(23)22(17(24)21-18)10-12-6-7-20-15(19)9-12/h4-9H,10H2,1-3H3,(H,21,24)/t18-/m1/s1. The highest BCUT2D eigenvalue weighted by molar-refractivity contribution is 6.29. The SMILES string of the molecule is COc1ccc(C)cc1[C@@]1(C)NC(=O)N(Cc2ccnc(Cl)c2)C1=O. The van der Waals surface area contributed by atoms with Crippen LogP contribution in [-0.2, 0) is 16.9 Å². The van der Waals surface area contributed by atoms with Gasteiger partial charge in [0.2, 0.25) is 0 Å². The first-order valence-corrected chi connectivity index (χ1v) is 8.12. The summed E-state index contributed by atoms with van der Waals surface area (Å²) in [6.07, 6.45) is 1.54. The van der Waals surface area contributed by atoms with Gasteiger partial charge in [0.05, 0.1) is 13.7 Å². The molecule has 7 heteroatoms. The smallest absolute Gasteiger partial charge is 0.325 e. The first kappa shape index (κ1) is 17.2. The van der Waals surface area contributed by atoms with E-state index >= 15 is 0 Å². The van der Waals surface area contributed by atoms with Crippen molar-refractivity contribution >= 4 is 23.5 Å². The third-order valence-corrected chi connectivity index (χ3v) is 4.51. The van der Waals surface area contributed by atoms with E-state index in [1.54, 1.807) is 31.3 Å². The summed E-state index contributed by atoms with van der Waals surface area (Å²) in [7, 11) is 1.54. The lowest BCUT2D eigenvalue weighted by molar-refractivity contribution is -0.131. The van der Waals surface area contributed by atoms with Gasteiger partial charge in [-0.2, -0.15) is 0 Å². The highest BCUT2D eigenvalue weighted by atomic mass is 35.5. The number of nitrogens with one attached hydrogen (secondary N) is 1. The Bertz CT molecular complexity index is 855. The predicted octanol–water partition coefficient (Wildman–Crippen LogP) is 3.02. The fourth-order valence-electron chi connectivity index (χ4n) is 2.96. The molecule has 2 heterocycles. The Morgan fingerprint density at radius 3 is 2.72 bits per heavy atom. The van der Waals surface area contributed by atoms with Crippen molar-refractivity contribution in [3.63, 3.8) is 0 Å². The molecule has 0 bridgehead atoms. The van der Waals surface area contributed by atoms with Crippen LogP contribution >= 0.6 is 11.6 Å². The van der Waals surface area contributed by atoms with Crippen LogP contribution in [0.4, 0.5) is 4.79 Å². The highest BCUT2D eigenvalue weighted by Crippen LogP contribution is 2.36. The number of aryl methyl sites for hydroxylation is 1. The summed E-state index contributed by atoms with van der Waals surface area (Å²) >= 11 is 5.88. The number of imide groups is 1. The number of rotatable bonds is 4. The molecule has 1 fully saturated rings. The topological polar surface area (TPSA) is 71.5 Å². The molecule has 3 amide bonds. The molecular formula is C18H18ClN3O3. The molecule has 0 spiro atoms. The summed E-state index contributed by atoms with van der Waals surface area (Å²) < 4.78 is 5.38. The van der Waals surface area contributed by atoms with E-state index in [-0.39, 0.29) is 12.5 Å². The molecule has 1 aromatic heterocycles.